The van der Waals surface area contributed by atoms with E-state index in [1.807, 2.05) is 19.1 Å². The van der Waals surface area contributed by atoms with Gasteiger partial charge in [0.1, 0.15) is 12.7 Å². The topological polar surface area (TPSA) is 94.3 Å². The first-order chi connectivity index (χ1) is 9.86. The predicted octanol–water partition coefficient (Wildman–Crippen LogP) is 0.946. The quantitative estimate of drug-likeness (QED) is 0.752. The Morgan fingerprint density at radius 2 is 1.95 bits per heavy atom. The van der Waals surface area contributed by atoms with Crippen LogP contribution in [0, 0.1) is 0 Å². The largest absolute Gasteiger partial charge is 0.354 e. The van der Waals surface area contributed by atoms with E-state index in [0.717, 1.165) is 12.1 Å². The number of rotatable bonds is 4. The van der Waals surface area contributed by atoms with E-state index < -0.39 is 0 Å². The van der Waals surface area contributed by atoms with Crippen LogP contribution in [0.4, 0.5) is 5.95 Å². The minimum atomic E-state index is 0.417. The summed E-state index contributed by atoms with van der Waals surface area (Å²) < 4.78 is 1.49. The maximum atomic E-state index is 4.40. The van der Waals surface area contributed by atoms with Crippen molar-refractivity contribution in [3.63, 3.8) is 0 Å². The van der Waals surface area contributed by atoms with Crippen molar-refractivity contribution < 1.29 is 0 Å². The predicted molar refractivity (Wildman–Crippen MR) is 72.1 cm³/mol. The third-order valence-corrected chi connectivity index (χ3v) is 2.52. The molecular weight excluding hydrogens is 256 g/mol. The smallest absolute Gasteiger partial charge is 0.257 e. The molecule has 20 heavy (non-hydrogen) atoms. The first kappa shape index (κ1) is 12.2. The highest BCUT2D eigenvalue weighted by Crippen LogP contribution is 2.16. The fourth-order valence-electron chi connectivity index (χ4n) is 1.65. The van der Waals surface area contributed by atoms with Crippen LogP contribution in [0.2, 0.25) is 0 Å². The average molecular weight is 268 g/mol. The van der Waals surface area contributed by atoms with Crippen LogP contribution in [0.1, 0.15) is 6.92 Å². The van der Waals surface area contributed by atoms with Gasteiger partial charge in [0.15, 0.2) is 5.82 Å². The average Bonchev–Trinajstić information content (AvgIpc) is 3.02. The third-order valence-electron chi connectivity index (χ3n) is 2.52. The molecule has 0 saturated carbocycles. The Kier molecular flexibility index (Phi) is 3.27. The minimum absolute atomic E-state index is 0.417. The first-order valence-electron chi connectivity index (χ1n) is 6.12. The molecular formula is C12H12N8. The summed E-state index contributed by atoms with van der Waals surface area (Å²) in [6, 6.07) is 3.69. The normalized spacial score (nSPS) is 10.4. The van der Waals surface area contributed by atoms with Crippen molar-refractivity contribution in [3.05, 3.63) is 37.2 Å². The molecule has 0 atom stereocenters. The second-order valence-corrected chi connectivity index (χ2v) is 3.89. The Labute approximate surface area is 115 Å². The fourth-order valence-corrected chi connectivity index (χ4v) is 1.65. The monoisotopic (exact) mass is 268 g/mol. The van der Waals surface area contributed by atoms with Gasteiger partial charge in [-0.15, -0.1) is 0 Å². The van der Waals surface area contributed by atoms with E-state index in [1.54, 1.807) is 18.7 Å². The van der Waals surface area contributed by atoms with Gasteiger partial charge >= 0.3 is 0 Å². The van der Waals surface area contributed by atoms with Gasteiger partial charge < -0.3 is 5.32 Å². The van der Waals surface area contributed by atoms with Gasteiger partial charge in [0.25, 0.3) is 5.95 Å². The van der Waals surface area contributed by atoms with Crippen molar-refractivity contribution in [1.29, 1.82) is 0 Å². The molecule has 0 aliphatic heterocycles. The second kappa shape index (κ2) is 5.39. The molecule has 0 aliphatic rings. The Hall–Kier alpha value is -2.90. The lowest BCUT2D eigenvalue weighted by atomic mass is 10.2. The van der Waals surface area contributed by atoms with Crippen LogP contribution in [-0.4, -0.2) is 41.2 Å². The van der Waals surface area contributed by atoms with E-state index in [9.17, 15) is 0 Å². The van der Waals surface area contributed by atoms with E-state index >= 15 is 0 Å². The molecule has 100 valence electrons. The molecule has 8 nitrogen and oxygen atoms in total. The zero-order chi connectivity index (χ0) is 13.8. The van der Waals surface area contributed by atoms with Crippen molar-refractivity contribution in [1.82, 2.24) is 34.7 Å². The van der Waals surface area contributed by atoms with Crippen LogP contribution in [0.5, 0.6) is 0 Å². The van der Waals surface area contributed by atoms with Gasteiger partial charge in [0, 0.05) is 24.5 Å². The van der Waals surface area contributed by atoms with E-state index in [0.29, 0.717) is 17.7 Å². The summed E-state index contributed by atoms with van der Waals surface area (Å²) in [5.74, 6) is 1.48. The Bertz CT molecular complexity index is 680. The molecule has 0 aliphatic carbocycles. The van der Waals surface area contributed by atoms with Gasteiger partial charge in [0.05, 0.1) is 0 Å². The van der Waals surface area contributed by atoms with E-state index in [-0.39, 0.29) is 0 Å². The van der Waals surface area contributed by atoms with Crippen LogP contribution in [0.3, 0.4) is 0 Å². The Morgan fingerprint density at radius 3 is 2.65 bits per heavy atom. The molecule has 0 fully saturated rings. The standard InChI is InChI=1S/C12H12N8/c1-2-15-11-17-10(9-3-5-13-6-4-9)18-12(19-11)20-8-14-7-16-20/h3-8H,2H2,1H3,(H,15,17,18,19). The van der Waals surface area contributed by atoms with Crippen molar-refractivity contribution in [2.75, 3.05) is 11.9 Å². The van der Waals surface area contributed by atoms with Gasteiger partial charge in [-0.3, -0.25) is 4.98 Å². The van der Waals surface area contributed by atoms with Gasteiger partial charge in [-0.2, -0.15) is 24.7 Å². The molecule has 3 rings (SSSR count). The third kappa shape index (κ3) is 2.44. The minimum Gasteiger partial charge on any atom is -0.354 e. The van der Waals surface area contributed by atoms with Crippen LogP contribution in [-0.2, 0) is 0 Å². The Morgan fingerprint density at radius 1 is 1.10 bits per heavy atom. The van der Waals surface area contributed by atoms with Gasteiger partial charge in [-0.1, -0.05) is 0 Å². The highest BCUT2D eigenvalue weighted by molar-refractivity contribution is 5.55. The van der Waals surface area contributed by atoms with Crippen LogP contribution < -0.4 is 5.32 Å². The summed E-state index contributed by atoms with van der Waals surface area (Å²) in [5, 5.41) is 7.12. The van der Waals surface area contributed by atoms with Gasteiger partial charge in [-0.25, -0.2) is 4.98 Å². The Balaban J connectivity index is 2.10. The summed E-state index contributed by atoms with van der Waals surface area (Å²) >= 11 is 0. The number of anilines is 1. The molecule has 0 unspecified atom stereocenters. The maximum Gasteiger partial charge on any atom is 0.257 e. The highest BCUT2D eigenvalue weighted by atomic mass is 15.4. The number of hydrogen-bond acceptors (Lipinski definition) is 7. The van der Waals surface area contributed by atoms with E-state index in [2.05, 4.69) is 35.3 Å². The molecule has 0 spiro atoms. The zero-order valence-electron chi connectivity index (χ0n) is 10.8. The van der Waals surface area contributed by atoms with Crippen LogP contribution in [0.15, 0.2) is 37.2 Å². The summed E-state index contributed by atoms with van der Waals surface area (Å²) in [5.41, 5.74) is 0.864. The summed E-state index contributed by atoms with van der Waals surface area (Å²) in [4.78, 5) is 21.0. The highest BCUT2D eigenvalue weighted by Gasteiger charge is 2.09. The number of nitrogens with zero attached hydrogens (tertiary/aromatic N) is 7. The van der Waals surface area contributed by atoms with Crippen molar-refractivity contribution in [2.45, 2.75) is 6.92 Å². The molecule has 0 aromatic carbocycles. The number of pyridine rings is 1. The lowest BCUT2D eigenvalue weighted by molar-refractivity contribution is 0.796. The fraction of sp³-hybridized carbons (Fsp3) is 0.167. The lowest BCUT2D eigenvalue weighted by Gasteiger charge is -2.07. The van der Waals surface area contributed by atoms with Crippen LogP contribution >= 0.6 is 0 Å². The molecule has 8 heteroatoms. The van der Waals surface area contributed by atoms with Crippen LogP contribution in [0.25, 0.3) is 17.3 Å². The number of nitrogens with one attached hydrogen (secondary N) is 1. The summed E-state index contributed by atoms with van der Waals surface area (Å²) in [7, 11) is 0. The van der Waals surface area contributed by atoms with Crippen molar-refractivity contribution in [2.24, 2.45) is 0 Å². The van der Waals surface area contributed by atoms with E-state index in [1.165, 1.54) is 11.0 Å². The number of aromatic nitrogens is 7. The molecule has 3 aromatic rings. The molecule has 0 bridgehead atoms. The van der Waals surface area contributed by atoms with Crippen molar-refractivity contribution in [3.8, 4) is 17.3 Å². The van der Waals surface area contributed by atoms with E-state index in [4.69, 9.17) is 0 Å². The summed E-state index contributed by atoms with van der Waals surface area (Å²) in [6.45, 7) is 2.70. The second-order valence-electron chi connectivity index (χ2n) is 3.89. The molecule has 3 heterocycles. The number of hydrogen-bond donors (Lipinski definition) is 1. The maximum absolute atomic E-state index is 4.40. The SMILES string of the molecule is CCNc1nc(-c2ccncc2)nc(-n2cncn2)n1. The van der Waals surface area contributed by atoms with Gasteiger partial charge in [0.2, 0.25) is 5.95 Å². The molecule has 1 N–H and O–H groups in total. The first-order valence-corrected chi connectivity index (χ1v) is 6.12. The molecule has 0 amide bonds. The molecule has 3 aromatic heterocycles. The van der Waals surface area contributed by atoms with Crippen molar-refractivity contribution >= 4 is 5.95 Å². The lowest BCUT2D eigenvalue weighted by Crippen LogP contribution is -2.10. The molecule has 0 saturated heterocycles. The molecule has 0 radical (unpaired) electrons. The summed E-state index contributed by atoms with van der Waals surface area (Å²) in [6.07, 6.45) is 6.37. The zero-order valence-corrected chi connectivity index (χ0v) is 10.8. The van der Waals surface area contributed by atoms with Gasteiger partial charge in [-0.05, 0) is 19.1 Å².